The van der Waals surface area contributed by atoms with E-state index in [4.69, 9.17) is 0 Å². The van der Waals surface area contributed by atoms with Gasteiger partial charge in [0.2, 0.25) is 0 Å². The molecule has 0 aromatic carbocycles. The summed E-state index contributed by atoms with van der Waals surface area (Å²) in [5, 5.41) is 0. The second-order valence-corrected chi connectivity index (χ2v) is 4.39. The zero-order chi connectivity index (χ0) is 7.73. The molecule has 1 atom stereocenters. The van der Waals surface area contributed by atoms with Gasteiger partial charge in [0.15, 0.2) is 0 Å². The van der Waals surface area contributed by atoms with Crippen LogP contribution >= 0.6 is 0 Å². The Morgan fingerprint density at radius 2 is 2.00 bits per heavy atom. The molecule has 0 aromatic rings. The molecule has 2 aliphatic carbocycles. The highest BCUT2D eigenvalue weighted by Gasteiger charge is 2.32. The van der Waals surface area contributed by atoms with Gasteiger partial charge in [0, 0.05) is 0 Å². The molecule has 0 saturated heterocycles. The largest absolute Gasteiger partial charge is 0.0848 e. The van der Waals surface area contributed by atoms with Crippen LogP contribution in [0, 0.1) is 5.41 Å². The standard InChI is InChI=1S/C11H18/c1-11-8-4-2-6-10(11)7-3-5-9-11/h6H,2-5,7-9H2,1H3. The Hall–Kier alpha value is -0.260. The molecule has 0 aliphatic heterocycles. The van der Waals surface area contributed by atoms with Gasteiger partial charge in [0.25, 0.3) is 0 Å². The minimum atomic E-state index is 0.635. The molecule has 0 radical (unpaired) electrons. The maximum Gasteiger partial charge on any atom is -0.0116 e. The number of hydrogen-bond acceptors (Lipinski definition) is 0. The van der Waals surface area contributed by atoms with Crippen LogP contribution in [-0.4, -0.2) is 0 Å². The third-order valence-electron chi connectivity index (χ3n) is 3.52. The van der Waals surface area contributed by atoms with Gasteiger partial charge >= 0.3 is 0 Å². The van der Waals surface area contributed by atoms with E-state index in [1.807, 2.05) is 0 Å². The highest BCUT2D eigenvalue weighted by Crippen LogP contribution is 2.46. The molecule has 0 aromatic heterocycles. The zero-order valence-electron chi connectivity index (χ0n) is 7.53. The fraction of sp³-hybridized carbons (Fsp3) is 0.818. The topological polar surface area (TPSA) is 0 Å². The molecule has 0 nitrogen and oxygen atoms in total. The van der Waals surface area contributed by atoms with Gasteiger partial charge in [-0.25, -0.2) is 0 Å². The molecule has 62 valence electrons. The smallest absolute Gasteiger partial charge is 0.0116 e. The third-order valence-corrected chi connectivity index (χ3v) is 3.52. The Morgan fingerprint density at radius 1 is 1.18 bits per heavy atom. The summed E-state index contributed by atoms with van der Waals surface area (Å²) in [6, 6.07) is 0. The van der Waals surface area contributed by atoms with Crippen molar-refractivity contribution in [2.24, 2.45) is 5.41 Å². The first-order valence-electron chi connectivity index (χ1n) is 5.01. The Bertz CT molecular complexity index is 178. The van der Waals surface area contributed by atoms with E-state index in [0.717, 1.165) is 0 Å². The predicted molar refractivity (Wildman–Crippen MR) is 48.5 cm³/mol. The molecular weight excluding hydrogens is 132 g/mol. The lowest BCUT2D eigenvalue weighted by Crippen LogP contribution is -2.25. The molecule has 2 rings (SSSR count). The minimum Gasteiger partial charge on any atom is -0.0848 e. The quantitative estimate of drug-likeness (QED) is 0.462. The number of rotatable bonds is 0. The molecule has 2 aliphatic rings. The van der Waals surface area contributed by atoms with Crippen molar-refractivity contribution >= 4 is 0 Å². The number of hydrogen-bond donors (Lipinski definition) is 0. The van der Waals surface area contributed by atoms with E-state index in [1.165, 1.54) is 44.9 Å². The van der Waals surface area contributed by atoms with Gasteiger partial charge in [-0.15, -0.1) is 0 Å². The molecule has 0 bridgehead atoms. The van der Waals surface area contributed by atoms with E-state index in [2.05, 4.69) is 13.0 Å². The van der Waals surface area contributed by atoms with Gasteiger partial charge in [0.05, 0.1) is 0 Å². The van der Waals surface area contributed by atoms with Crippen LogP contribution in [0.1, 0.15) is 51.9 Å². The number of fused-ring (bicyclic) bond motifs is 1. The summed E-state index contributed by atoms with van der Waals surface area (Å²) in [6.45, 7) is 2.47. The van der Waals surface area contributed by atoms with Crippen LogP contribution in [0.5, 0.6) is 0 Å². The first kappa shape index (κ1) is 7.39. The first-order valence-corrected chi connectivity index (χ1v) is 5.01. The van der Waals surface area contributed by atoms with Crippen LogP contribution < -0.4 is 0 Å². The lowest BCUT2D eigenvalue weighted by atomic mass is 9.66. The van der Waals surface area contributed by atoms with Gasteiger partial charge in [-0.2, -0.15) is 0 Å². The van der Waals surface area contributed by atoms with E-state index < -0.39 is 0 Å². The molecule has 11 heavy (non-hydrogen) atoms. The average Bonchev–Trinajstić information content (AvgIpc) is 2.03. The van der Waals surface area contributed by atoms with Gasteiger partial charge in [-0.1, -0.05) is 25.0 Å². The molecular formula is C11H18. The van der Waals surface area contributed by atoms with Gasteiger partial charge in [0.1, 0.15) is 0 Å². The second-order valence-electron chi connectivity index (χ2n) is 4.39. The van der Waals surface area contributed by atoms with Gasteiger partial charge < -0.3 is 0 Å². The lowest BCUT2D eigenvalue weighted by Gasteiger charge is -2.39. The highest BCUT2D eigenvalue weighted by molar-refractivity contribution is 5.18. The summed E-state index contributed by atoms with van der Waals surface area (Å²) >= 11 is 0. The fourth-order valence-corrected chi connectivity index (χ4v) is 2.70. The lowest BCUT2D eigenvalue weighted by molar-refractivity contribution is 0.262. The van der Waals surface area contributed by atoms with Crippen molar-refractivity contribution in [3.63, 3.8) is 0 Å². The summed E-state index contributed by atoms with van der Waals surface area (Å²) in [4.78, 5) is 0. The SMILES string of the molecule is CC12CCCC=C1CCCC2. The van der Waals surface area contributed by atoms with Crippen molar-refractivity contribution in [1.82, 2.24) is 0 Å². The number of allylic oxidation sites excluding steroid dienone is 2. The van der Waals surface area contributed by atoms with E-state index in [9.17, 15) is 0 Å². The Morgan fingerprint density at radius 3 is 2.82 bits per heavy atom. The van der Waals surface area contributed by atoms with Crippen LogP contribution in [0.4, 0.5) is 0 Å². The van der Waals surface area contributed by atoms with Gasteiger partial charge in [-0.05, 0) is 43.9 Å². The maximum absolute atomic E-state index is 2.52. The minimum absolute atomic E-state index is 0.635. The van der Waals surface area contributed by atoms with Crippen LogP contribution in [0.3, 0.4) is 0 Å². The zero-order valence-corrected chi connectivity index (χ0v) is 7.53. The molecule has 0 spiro atoms. The predicted octanol–water partition coefficient (Wildman–Crippen LogP) is 3.68. The Labute approximate surface area is 69.7 Å². The van der Waals surface area contributed by atoms with Crippen molar-refractivity contribution in [2.45, 2.75) is 51.9 Å². The van der Waals surface area contributed by atoms with E-state index in [0.29, 0.717) is 5.41 Å². The van der Waals surface area contributed by atoms with E-state index in [1.54, 1.807) is 5.57 Å². The third kappa shape index (κ3) is 1.23. The monoisotopic (exact) mass is 150 g/mol. The summed E-state index contributed by atoms with van der Waals surface area (Å²) in [5.41, 5.74) is 2.42. The second kappa shape index (κ2) is 2.66. The summed E-state index contributed by atoms with van der Waals surface area (Å²) in [7, 11) is 0. The van der Waals surface area contributed by atoms with Crippen LogP contribution in [0.15, 0.2) is 11.6 Å². The normalized spacial score (nSPS) is 37.7. The fourth-order valence-electron chi connectivity index (χ4n) is 2.70. The highest BCUT2D eigenvalue weighted by atomic mass is 14.4. The maximum atomic E-state index is 2.52. The molecule has 0 heterocycles. The van der Waals surface area contributed by atoms with Crippen molar-refractivity contribution in [1.29, 1.82) is 0 Å². The van der Waals surface area contributed by atoms with Crippen molar-refractivity contribution in [3.05, 3.63) is 11.6 Å². The molecule has 1 unspecified atom stereocenters. The summed E-state index contributed by atoms with van der Waals surface area (Å²) in [6.07, 6.45) is 12.5. The Kier molecular flexibility index (Phi) is 1.78. The van der Waals surface area contributed by atoms with Gasteiger partial charge in [-0.3, -0.25) is 0 Å². The molecule has 1 saturated carbocycles. The van der Waals surface area contributed by atoms with Crippen molar-refractivity contribution in [3.8, 4) is 0 Å². The van der Waals surface area contributed by atoms with Crippen LogP contribution in [0.2, 0.25) is 0 Å². The summed E-state index contributed by atoms with van der Waals surface area (Å²) < 4.78 is 0. The van der Waals surface area contributed by atoms with E-state index >= 15 is 0 Å². The van der Waals surface area contributed by atoms with Crippen molar-refractivity contribution in [2.75, 3.05) is 0 Å². The summed E-state index contributed by atoms with van der Waals surface area (Å²) in [5.74, 6) is 0. The van der Waals surface area contributed by atoms with Crippen molar-refractivity contribution < 1.29 is 0 Å². The molecule has 1 fully saturated rings. The average molecular weight is 150 g/mol. The van der Waals surface area contributed by atoms with E-state index in [-0.39, 0.29) is 0 Å². The Balaban J connectivity index is 2.22. The van der Waals surface area contributed by atoms with Crippen LogP contribution in [-0.2, 0) is 0 Å². The van der Waals surface area contributed by atoms with Crippen LogP contribution in [0.25, 0.3) is 0 Å². The molecule has 0 heteroatoms. The first-order chi connectivity index (χ1) is 5.31. The molecule has 0 amide bonds. The molecule has 0 N–H and O–H groups in total.